The van der Waals surface area contributed by atoms with Crippen LogP contribution in [0.3, 0.4) is 0 Å². The normalized spacial score (nSPS) is 25.8. The monoisotopic (exact) mass is 432 g/mol. The molecule has 0 aromatic heterocycles. The van der Waals surface area contributed by atoms with Gasteiger partial charge in [0.1, 0.15) is 25.3 Å². The second kappa shape index (κ2) is 15.5. The van der Waals surface area contributed by atoms with Gasteiger partial charge in [-0.15, -0.1) is 0 Å². The maximum atomic E-state index is 11.9. The van der Waals surface area contributed by atoms with E-state index in [1.54, 1.807) is 0 Å². The van der Waals surface area contributed by atoms with Crippen LogP contribution < -0.4 is 21.3 Å². The van der Waals surface area contributed by atoms with Crippen molar-refractivity contribution in [1.29, 1.82) is 0 Å². The van der Waals surface area contributed by atoms with E-state index in [2.05, 4.69) is 21.3 Å². The lowest BCUT2D eigenvalue weighted by atomic mass is 10.3. The van der Waals surface area contributed by atoms with Gasteiger partial charge in [0.25, 0.3) is 0 Å². The second-order valence-electron chi connectivity index (χ2n) is 6.49. The topological polar surface area (TPSA) is 153 Å². The van der Waals surface area contributed by atoms with E-state index in [1.165, 1.54) is 13.8 Å². The standard InChI is InChI=1S/C18H32N4O8/c1-13-17(25)19-3-5-27-7-9-29-10-8-28-6-4-20-18(26)14(2)22-16(24)12-30-11-15(23)21-13/h13-14H,3-12H2,1-2H3,(H,19,25)(H,20,26)(H,21,23)(H,22,24)/t13-,14-/m0/s1. The highest BCUT2D eigenvalue weighted by Crippen LogP contribution is 1.88. The zero-order valence-corrected chi connectivity index (χ0v) is 17.5. The predicted molar refractivity (Wildman–Crippen MR) is 105 cm³/mol. The quantitative estimate of drug-likeness (QED) is 0.323. The van der Waals surface area contributed by atoms with Crippen LogP contribution >= 0.6 is 0 Å². The van der Waals surface area contributed by atoms with E-state index in [1.807, 2.05) is 0 Å². The maximum absolute atomic E-state index is 11.9. The van der Waals surface area contributed by atoms with E-state index in [0.717, 1.165) is 0 Å². The van der Waals surface area contributed by atoms with Crippen LogP contribution in [0.2, 0.25) is 0 Å². The van der Waals surface area contributed by atoms with Gasteiger partial charge < -0.3 is 40.2 Å². The Hall–Kier alpha value is -2.28. The zero-order valence-electron chi connectivity index (χ0n) is 17.5. The Kier molecular flexibility index (Phi) is 13.3. The Labute approximate surface area is 175 Å². The summed E-state index contributed by atoms with van der Waals surface area (Å²) in [6.45, 7) is 4.99. The number of hydrogen-bond donors (Lipinski definition) is 4. The van der Waals surface area contributed by atoms with Crippen LogP contribution in [0.1, 0.15) is 13.8 Å². The summed E-state index contributed by atoms with van der Waals surface area (Å²) in [5, 5.41) is 10.2. The van der Waals surface area contributed by atoms with E-state index in [0.29, 0.717) is 52.7 Å². The fourth-order valence-electron chi connectivity index (χ4n) is 2.27. The molecule has 1 saturated heterocycles. The van der Waals surface area contributed by atoms with E-state index in [4.69, 9.17) is 18.9 Å². The maximum Gasteiger partial charge on any atom is 0.246 e. The third-order valence-electron chi connectivity index (χ3n) is 3.84. The predicted octanol–water partition coefficient (Wildman–Crippen LogP) is -2.69. The Morgan fingerprint density at radius 1 is 0.600 bits per heavy atom. The summed E-state index contributed by atoms with van der Waals surface area (Å²) in [5.74, 6) is -1.82. The van der Waals surface area contributed by atoms with Crippen molar-refractivity contribution in [3.8, 4) is 0 Å². The van der Waals surface area contributed by atoms with Gasteiger partial charge in [0.2, 0.25) is 23.6 Å². The molecule has 0 saturated carbocycles. The summed E-state index contributed by atoms with van der Waals surface area (Å²) in [6.07, 6.45) is 0. The molecule has 4 N–H and O–H groups in total. The molecule has 0 radical (unpaired) electrons. The van der Waals surface area contributed by atoms with Gasteiger partial charge >= 0.3 is 0 Å². The highest BCUT2D eigenvalue weighted by molar-refractivity contribution is 5.89. The minimum absolute atomic E-state index is 0.294. The average Bonchev–Trinajstić information content (AvgIpc) is 2.70. The molecule has 1 fully saturated rings. The largest absolute Gasteiger partial charge is 0.377 e. The Balaban J connectivity index is 2.46. The molecule has 0 aromatic rings. The van der Waals surface area contributed by atoms with E-state index >= 15 is 0 Å². The molecule has 0 unspecified atom stereocenters. The lowest BCUT2D eigenvalue weighted by Crippen LogP contribution is -2.48. The highest BCUT2D eigenvalue weighted by atomic mass is 16.5. The van der Waals surface area contributed by atoms with Crippen molar-refractivity contribution in [1.82, 2.24) is 21.3 Å². The van der Waals surface area contributed by atoms with E-state index in [-0.39, 0.29) is 11.8 Å². The molecule has 1 heterocycles. The summed E-state index contributed by atoms with van der Waals surface area (Å²) in [5.41, 5.74) is 0. The number of carbonyl (C=O) groups excluding carboxylic acids is 4. The number of amides is 4. The molecule has 30 heavy (non-hydrogen) atoms. The molecule has 1 aliphatic rings. The zero-order chi connectivity index (χ0) is 22.2. The van der Waals surface area contributed by atoms with Gasteiger partial charge in [-0.3, -0.25) is 19.2 Å². The summed E-state index contributed by atoms with van der Waals surface area (Å²) in [7, 11) is 0. The minimum atomic E-state index is -0.771. The molecular formula is C18H32N4O8. The first kappa shape index (κ1) is 25.8. The molecule has 0 bridgehead atoms. The van der Waals surface area contributed by atoms with Crippen molar-refractivity contribution in [3.63, 3.8) is 0 Å². The van der Waals surface area contributed by atoms with Crippen LogP contribution in [0, 0.1) is 0 Å². The molecule has 12 heteroatoms. The molecular weight excluding hydrogens is 400 g/mol. The minimum Gasteiger partial charge on any atom is -0.377 e. The SMILES string of the molecule is C[C@@H]1NC(=O)COCC(=O)N[C@@H](C)C(=O)NCCOCCOCCOCCNC1=O. The highest BCUT2D eigenvalue weighted by Gasteiger charge is 2.17. The van der Waals surface area contributed by atoms with Crippen LogP contribution in [0.4, 0.5) is 0 Å². The van der Waals surface area contributed by atoms with Gasteiger partial charge in [-0.05, 0) is 13.8 Å². The molecule has 172 valence electrons. The van der Waals surface area contributed by atoms with Crippen molar-refractivity contribution in [2.75, 3.05) is 65.9 Å². The number of rotatable bonds is 0. The Bertz CT molecular complexity index is 514. The van der Waals surface area contributed by atoms with Gasteiger partial charge in [0.05, 0.1) is 39.6 Å². The van der Waals surface area contributed by atoms with Crippen LogP contribution in [-0.4, -0.2) is 102 Å². The fraction of sp³-hybridized carbons (Fsp3) is 0.778. The van der Waals surface area contributed by atoms with Crippen molar-refractivity contribution in [2.24, 2.45) is 0 Å². The third-order valence-corrected chi connectivity index (χ3v) is 3.84. The lowest BCUT2D eigenvalue weighted by molar-refractivity contribution is -0.135. The van der Waals surface area contributed by atoms with Gasteiger partial charge in [0.15, 0.2) is 0 Å². The summed E-state index contributed by atoms with van der Waals surface area (Å²) < 4.78 is 21.0. The molecule has 2 atom stereocenters. The van der Waals surface area contributed by atoms with Crippen molar-refractivity contribution in [2.45, 2.75) is 25.9 Å². The van der Waals surface area contributed by atoms with Crippen LogP contribution in [0.5, 0.6) is 0 Å². The first-order valence-electron chi connectivity index (χ1n) is 9.85. The second-order valence-corrected chi connectivity index (χ2v) is 6.49. The summed E-state index contributed by atoms with van der Waals surface area (Å²) >= 11 is 0. The van der Waals surface area contributed by atoms with Crippen LogP contribution in [-0.2, 0) is 38.1 Å². The Morgan fingerprint density at radius 3 is 1.37 bits per heavy atom. The lowest BCUT2D eigenvalue weighted by Gasteiger charge is -2.16. The van der Waals surface area contributed by atoms with E-state index in [9.17, 15) is 19.2 Å². The smallest absolute Gasteiger partial charge is 0.246 e. The molecule has 0 spiro atoms. The van der Waals surface area contributed by atoms with Gasteiger partial charge in [0, 0.05) is 13.1 Å². The number of ether oxygens (including phenoxy) is 4. The summed E-state index contributed by atoms with van der Waals surface area (Å²) in [6, 6.07) is -1.54. The average molecular weight is 432 g/mol. The van der Waals surface area contributed by atoms with Crippen molar-refractivity contribution >= 4 is 23.6 Å². The Morgan fingerprint density at radius 2 is 0.967 bits per heavy atom. The van der Waals surface area contributed by atoms with Gasteiger partial charge in [-0.25, -0.2) is 0 Å². The van der Waals surface area contributed by atoms with Crippen molar-refractivity contribution in [3.05, 3.63) is 0 Å². The number of hydrogen-bond acceptors (Lipinski definition) is 8. The molecule has 1 rings (SSSR count). The number of nitrogens with one attached hydrogen (secondary N) is 4. The van der Waals surface area contributed by atoms with Crippen molar-refractivity contribution < 1.29 is 38.1 Å². The molecule has 1 aliphatic heterocycles. The van der Waals surface area contributed by atoms with Gasteiger partial charge in [-0.2, -0.15) is 0 Å². The number of carbonyl (C=O) groups is 4. The molecule has 0 aliphatic carbocycles. The molecule has 4 amide bonds. The third kappa shape index (κ3) is 12.3. The van der Waals surface area contributed by atoms with Gasteiger partial charge in [-0.1, -0.05) is 0 Å². The van der Waals surface area contributed by atoms with Crippen LogP contribution in [0.25, 0.3) is 0 Å². The molecule has 0 aromatic carbocycles. The first-order chi connectivity index (χ1) is 14.4. The first-order valence-corrected chi connectivity index (χ1v) is 9.85. The summed E-state index contributed by atoms with van der Waals surface area (Å²) in [4.78, 5) is 47.5. The van der Waals surface area contributed by atoms with Crippen LogP contribution in [0.15, 0.2) is 0 Å². The van der Waals surface area contributed by atoms with E-state index < -0.39 is 37.1 Å². The fourth-order valence-corrected chi connectivity index (χ4v) is 2.27. The molecule has 12 nitrogen and oxygen atoms in total.